The Bertz CT molecular complexity index is 495. The van der Waals surface area contributed by atoms with Crippen molar-refractivity contribution in [1.29, 1.82) is 0 Å². The van der Waals surface area contributed by atoms with Gasteiger partial charge < -0.3 is 5.11 Å². The van der Waals surface area contributed by atoms with E-state index < -0.39 is 0 Å². The average molecular weight is 215 g/mol. The minimum absolute atomic E-state index is 0.0245. The van der Waals surface area contributed by atoms with Crippen LogP contribution in [-0.4, -0.2) is 10.9 Å². The number of carbonyl (C=O) groups excluding carboxylic acids is 1. The zero-order chi connectivity index (χ0) is 12.0. The fourth-order valence-electron chi connectivity index (χ4n) is 2.72. The third kappa shape index (κ3) is 1.37. The van der Waals surface area contributed by atoms with Gasteiger partial charge in [0.05, 0.1) is 5.56 Å². The van der Waals surface area contributed by atoms with Gasteiger partial charge in [0.15, 0.2) is 5.78 Å². The van der Waals surface area contributed by atoms with E-state index in [1.165, 1.54) is 6.07 Å². The zero-order valence-electron chi connectivity index (χ0n) is 9.84. The molecule has 2 aliphatic rings. The van der Waals surface area contributed by atoms with Crippen molar-refractivity contribution in [2.75, 3.05) is 0 Å². The van der Waals surface area contributed by atoms with Crippen molar-refractivity contribution < 1.29 is 11.3 Å². The Balaban J connectivity index is 1.94. The van der Waals surface area contributed by atoms with Crippen LogP contribution in [0.4, 0.5) is 0 Å². The van der Waals surface area contributed by atoms with E-state index in [1.807, 2.05) is 0 Å². The number of aromatic hydroxyl groups is 1. The first-order chi connectivity index (χ1) is 8.18. The molecule has 0 radical (unpaired) electrons. The quantitative estimate of drug-likeness (QED) is 0.608. The molecule has 2 heteroatoms. The van der Waals surface area contributed by atoms with Gasteiger partial charge in [0.25, 0.3) is 0 Å². The van der Waals surface area contributed by atoms with Gasteiger partial charge in [-0.15, -0.1) is 0 Å². The first-order valence-corrected chi connectivity index (χ1v) is 5.61. The highest BCUT2D eigenvalue weighted by Crippen LogP contribution is 2.45. The Labute approximate surface area is 96.0 Å². The number of Topliss-reactive ketones (excluding diaryl/α,β-unsaturated/α-hetero) is 1. The molecule has 0 amide bonds. The van der Waals surface area contributed by atoms with E-state index in [4.69, 9.17) is 1.37 Å². The van der Waals surface area contributed by atoms with Gasteiger partial charge >= 0.3 is 0 Å². The largest absolute Gasteiger partial charge is 0.507 e. The van der Waals surface area contributed by atoms with E-state index in [-0.39, 0.29) is 35.7 Å². The van der Waals surface area contributed by atoms with E-state index >= 15 is 0 Å². The van der Waals surface area contributed by atoms with Crippen molar-refractivity contribution in [2.45, 2.75) is 12.8 Å². The van der Waals surface area contributed by atoms with Crippen molar-refractivity contribution in [3.63, 3.8) is 0 Å². The number of ketones is 1. The maximum Gasteiger partial charge on any atom is 0.170 e. The summed E-state index contributed by atoms with van der Waals surface area (Å²) in [6, 6.07) is 6.61. The molecule has 2 bridgehead atoms. The van der Waals surface area contributed by atoms with Gasteiger partial charge in [-0.25, -0.2) is 0 Å². The second-order valence-electron chi connectivity index (χ2n) is 4.55. The summed E-state index contributed by atoms with van der Waals surface area (Å²) in [5.41, 5.74) is 0.357. The molecule has 0 heterocycles. The van der Waals surface area contributed by atoms with E-state index in [9.17, 15) is 9.90 Å². The van der Waals surface area contributed by atoms with Crippen LogP contribution in [0.3, 0.4) is 0 Å². The second kappa shape index (κ2) is 3.48. The molecule has 3 rings (SSSR count). The van der Waals surface area contributed by atoms with Crippen LogP contribution in [0.2, 0.25) is 0 Å². The minimum atomic E-state index is -0.350. The molecule has 0 spiro atoms. The third-order valence-electron chi connectivity index (χ3n) is 3.54. The third-order valence-corrected chi connectivity index (χ3v) is 3.54. The Hall–Kier alpha value is -1.57. The highest BCUT2D eigenvalue weighted by atomic mass is 16.3. The number of rotatable bonds is 2. The molecule has 16 heavy (non-hydrogen) atoms. The van der Waals surface area contributed by atoms with Gasteiger partial charge in [0.2, 0.25) is 0 Å². The molecule has 2 aliphatic carbocycles. The lowest BCUT2D eigenvalue weighted by Crippen LogP contribution is -2.19. The van der Waals surface area contributed by atoms with Gasteiger partial charge in [-0.3, -0.25) is 4.79 Å². The zero-order valence-corrected chi connectivity index (χ0v) is 8.84. The highest BCUT2D eigenvalue weighted by molar-refractivity contribution is 6.00. The fraction of sp³-hybridized carbons (Fsp3) is 0.357. The van der Waals surface area contributed by atoms with E-state index in [1.54, 1.807) is 18.2 Å². The van der Waals surface area contributed by atoms with Crippen LogP contribution in [0.5, 0.6) is 5.75 Å². The molecule has 0 aromatic heterocycles. The number of hydrogen-bond acceptors (Lipinski definition) is 2. The molecule has 82 valence electrons. The molecule has 4 atom stereocenters. The minimum Gasteiger partial charge on any atom is -0.507 e. The first-order valence-electron chi connectivity index (χ1n) is 6.19. The van der Waals surface area contributed by atoms with Crippen LogP contribution in [0.15, 0.2) is 36.4 Å². The number of carbonyl (C=O) groups is 1. The SMILES string of the molecule is [2H][C@H]1[C@@H](C(=O)c2ccccc2O)[C@@H]2C=C[C@H]1C2. The number of fused-ring (bicyclic) bond motifs is 2. The van der Waals surface area contributed by atoms with Gasteiger partial charge in [-0.1, -0.05) is 24.3 Å². The van der Waals surface area contributed by atoms with Gasteiger partial charge in [0.1, 0.15) is 5.75 Å². The number of hydrogen-bond donors (Lipinski definition) is 1. The molecule has 1 aromatic carbocycles. The molecular weight excluding hydrogens is 200 g/mol. The van der Waals surface area contributed by atoms with Crippen molar-refractivity contribution in [3.8, 4) is 5.75 Å². The molecule has 0 aliphatic heterocycles. The number of para-hydroxylation sites is 1. The average Bonchev–Trinajstić information content (AvgIpc) is 2.89. The smallest absolute Gasteiger partial charge is 0.170 e. The summed E-state index contributed by atoms with van der Waals surface area (Å²) in [4.78, 5) is 12.4. The summed E-state index contributed by atoms with van der Waals surface area (Å²) < 4.78 is 8.07. The van der Waals surface area contributed by atoms with Gasteiger partial charge in [0, 0.05) is 7.29 Å². The highest BCUT2D eigenvalue weighted by Gasteiger charge is 2.40. The summed E-state index contributed by atoms with van der Waals surface area (Å²) >= 11 is 0. The Morgan fingerprint density at radius 2 is 2.19 bits per heavy atom. The van der Waals surface area contributed by atoms with Crippen LogP contribution < -0.4 is 0 Å². The van der Waals surface area contributed by atoms with Crippen LogP contribution in [0.25, 0.3) is 0 Å². The molecule has 1 N–H and O–H groups in total. The second-order valence-corrected chi connectivity index (χ2v) is 4.55. The molecule has 1 aromatic rings. The van der Waals surface area contributed by atoms with Crippen molar-refractivity contribution >= 4 is 5.78 Å². The lowest BCUT2D eigenvalue weighted by atomic mass is 9.86. The lowest BCUT2D eigenvalue weighted by molar-refractivity contribution is 0.0898. The maximum absolute atomic E-state index is 12.4. The van der Waals surface area contributed by atoms with Crippen LogP contribution in [-0.2, 0) is 0 Å². The monoisotopic (exact) mass is 215 g/mol. The van der Waals surface area contributed by atoms with Crippen LogP contribution in [0, 0.1) is 17.8 Å². The molecule has 1 saturated carbocycles. The summed E-state index contributed by atoms with van der Waals surface area (Å²) in [6.07, 6.45) is 4.67. The summed E-state index contributed by atoms with van der Waals surface area (Å²) in [7, 11) is 0. The molecule has 0 saturated heterocycles. The van der Waals surface area contributed by atoms with Crippen molar-refractivity contribution in [1.82, 2.24) is 0 Å². The summed E-state index contributed by atoms with van der Waals surface area (Å²) in [6.45, 7) is 0. The fourth-order valence-corrected chi connectivity index (χ4v) is 2.72. The van der Waals surface area contributed by atoms with E-state index in [2.05, 4.69) is 12.2 Å². The summed E-state index contributed by atoms with van der Waals surface area (Å²) in [5, 5.41) is 9.70. The predicted octanol–water partition coefficient (Wildman–Crippen LogP) is 2.79. The Morgan fingerprint density at radius 1 is 1.38 bits per heavy atom. The Kier molecular flexibility index (Phi) is 1.86. The van der Waals surface area contributed by atoms with Gasteiger partial charge in [-0.2, -0.15) is 0 Å². The van der Waals surface area contributed by atoms with E-state index in [0.29, 0.717) is 5.56 Å². The maximum atomic E-state index is 12.4. The van der Waals surface area contributed by atoms with Crippen molar-refractivity contribution in [3.05, 3.63) is 42.0 Å². The first kappa shape index (κ1) is 8.57. The predicted molar refractivity (Wildman–Crippen MR) is 61.3 cm³/mol. The molecule has 1 fully saturated rings. The number of allylic oxidation sites excluding steroid dienone is 2. The number of phenols is 1. The molecular formula is C14H14O2. The van der Waals surface area contributed by atoms with Gasteiger partial charge in [-0.05, 0) is 36.8 Å². The number of benzene rings is 1. The standard InChI is InChI=1S/C14H14O2/c15-13-4-2-1-3-11(13)14(16)12-8-9-5-6-10(12)7-9/h1-6,9-10,12,15H,7-8H2/t9-,10+,12+/m0/s1/i8D/t8-,9+,10-,12-/m1. The lowest BCUT2D eigenvalue weighted by Gasteiger charge is -2.17. The number of phenolic OH excluding ortho intramolecular Hbond substituents is 1. The van der Waals surface area contributed by atoms with E-state index in [0.717, 1.165) is 6.42 Å². The van der Waals surface area contributed by atoms with Crippen molar-refractivity contribution in [2.24, 2.45) is 17.8 Å². The normalized spacial score (nSPS) is 36.4. The Morgan fingerprint density at radius 3 is 2.88 bits per heavy atom. The topological polar surface area (TPSA) is 37.3 Å². The van der Waals surface area contributed by atoms with Crippen LogP contribution >= 0.6 is 0 Å². The summed E-state index contributed by atoms with van der Waals surface area (Å²) in [5.74, 6) is 0.0733. The molecule has 2 nitrogen and oxygen atoms in total. The van der Waals surface area contributed by atoms with Crippen LogP contribution in [0.1, 0.15) is 24.5 Å². The molecule has 0 unspecified atom stereocenters.